The summed E-state index contributed by atoms with van der Waals surface area (Å²) in [4.78, 5) is 0. The van der Waals surface area contributed by atoms with Crippen LogP contribution < -0.4 is 0 Å². The van der Waals surface area contributed by atoms with E-state index in [0.717, 1.165) is 0 Å². The molecule has 0 radical (unpaired) electrons. The molecule has 2 heteroatoms. The maximum atomic E-state index is 9.54. The predicted molar refractivity (Wildman–Crippen MR) is 45.1 cm³/mol. The zero-order chi connectivity index (χ0) is 8.74. The highest BCUT2D eigenvalue weighted by atomic mass is 16.5. The highest BCUT2D eigenvalue weighted by Crippen LogP contribution is 2.11. The second-order valence-electron chi connectivity index (χ2n) is 2.44. The minimum Gasteiger partial charge on any atom is -0.381 e. The van der Waals surface area contributed by atoms with Gasteiger partial charge in [0, 0.05) is 7.11 Å². The fourth-order valence-corrected chi connectivity index (χ4v) is 0.766. The van der Waals surface area contributed by atoms with Crippen molar-refractivity contribution in [1.82, 2.24) is 0 Å². The number of aliphatic hydroxyl groups is 1. The second-order valence-corrected chi connectivity index (χ2v) is 2.44. The Kier molecular flexibility index (Phi) is 4.60. The molecule has 0 aliphatic heterocycles. The van der Waals surface area contributed by atoms with E-state index in [1.54, 1.807) is 6.08 Å². The van der Waals surface area contributed by atoms with Crippen molar-refractivity contribution in [2.75, 3.05) is 13.7 Å². The number of ether oxygens (including phenoxy) is 1. The van der Waals surface area contributed by atoms with E-state index in [1.807, 2.05) is 0 Å². The van der Waals surface area contributed by atoms with Crippen LogP contribution in [0.5, 0.6) is 0 Å². The van der Waals surface area contributed by atoms with Crippen LogP contribution in [-0.4, -0.2) is 24.4 Å². The van der Waals surface area contributed by atoms with Gasteiger partial charge in [-0.25, -0.2) is 0 Å². The summed E-state index contributed by atoms with van der Waals surface area (Å²) in [6.07, 6.45) is 8.04. The van der Waals surface area contributed by atoms with Crippen molar-refractivity contribution in [2.24, 2.45) is 0 Å². The Bertz CT molecular complexity index is 157. The molecule has 0 aromatic carbocycles. The van der Waals surface area contributed by atoms with Gasteiger partial charge in [0.2, 0.25) is 0 Å². The zero-order valence-electron chi connectivity index (χ0n) is 6.84. The highest BCUT2D eigenvalue weighted by molar-refractivity contribution is 5.07. The summed E-state index contributed by atoms with van der Waals surface area (Å²) < 4.78 is 4.77. The molecule has 0 spiro atoms. The van der Waals surface area contributed by atoms with Crippen LogP contribution in [0, 0.1) is 12.3 Å². The van der Waals surface area contributed by atoms with Crippen LogP contribution in [0.25, 0.3) is 0 Å². The summed E-state index contributed by atoms with van der Waals surface area (Å²) >= 11 is 0. The van der Waals surface area contributed by atoms with Gasteiger partial charge in [0.1, 0.15) is 5.60 Å². The minimum absolute atomic E-state index is 0.178. The number of allylic oxidation sites excluding steroid dienone is 1. The van der Waals surface area contributed by atoms with Crippen LogP contribution in [0.1, 0.15) is 12.8 Å². The van der Waals surface area contributed by atoms with Gasteiger partial charge in [0.05, 0.1) is 6.61 Å². The van der Waals surface area contributed by atoms with Gasteiger partial charge in [-0.3, -0.25) is 0 Å². The van der Waals surface area contributed by atoms with Crippen molar-refractivity contribution in [3.05, 3.63) is 12.7 Å². The van der Waals surface area contributed by atoms with Crippen molar-refractivity contribution in [1.29, 1.82) is 0 Å². The predicted octanol–water partition coefficient (Wildman–Crippen LogP) is 0.963. The molecular formula is C9H14O2. The molecule has 0 bridgehead atoms. The van der Waals surface area contributed by atoms with Crippen LogP contribution in [0.3, 0.4) is 0 Å². The molecule has 2 nitrogen and oxygen atoms in total. The fraction of sp³-hybridized carbons (Fsp3) is 0.556. The Labute approximate surface area is 67.9 Å². The Balaban J connectivity index is 3.90. The standard InChI is InChI=1S/C9H14O2/c1-4-6-7-9(10,5-2)8-11-3/h2,4,10H,1,6-8H2,3H3/t9-/m0/s1. The number of hydrogen-bond donors (Lipinski definition) is 1. The maximum absolute atomic E-state index is 9.54. The third-order valence-electron chi connectivity index (χ3n) is 1.41. The summed E-state index contributed by atoms with van der Waals surface area (Å²) in [5.41, 5.74) is -1.12. The van der Waals surface area contributed by atoms with Gasteiger partial charge in [-0.2, -0.15) is 0 Å². The Morgan fingerprint density at radius 3 is 2.82 bits per heavy atom. The van der Waals surface area contributed by atoms with Gasteiger partial charge in [-0.1, -0.05) is 12.0 Å². The largest absolute Gasteiger partial charge is 0.381 e. The zero-order valence-corrected chi connectivity index (χ0v) is 6.84. The van der Waals surface area contributed by atoms with Gasteiger partial charge >= 0.3 is 0 Å². The molecule has 0 aromatic rings. The van der Waals surface area contributed by atoms with Crippen LogP contribution in [0.4, 0.5) is 0 Å². The molecule has 0 unspecified atom stereocenters. The quantitative estimate of drug-likeness (QED) is 0.472. The number of methoxy groups -OCH3 is 1. The lowest BCUT2D eigenvalue weighted by Crippen LogP contribution is -2.31. The van der Waals surface area contributed by atoms with Crippen LogP contribution in [-0.2, 0) is 4.74 Å². The maximum Gasteiger partial charge on any atom is 0.148 e. The van der Waals surface area contributed by atoms with Crippen molar-refractivity contribution in [2.45, 2.75) is 18.4 Å². The van der Waals surface area contributed by atoms with E-state index >= 15 is 0 Å². The Morgan fingerprint density at radius 2 is 2.45 bits per heavy atom. The van der Waals surface area contributed by atoms with Gasteiger partial charge in [0.25, 0.3) is 0 Å². The van der Waals surface area contributed by atoms with Crippen molar-refractivity contribution in [3.8, 4) is 12.3 Å². The molecule has 0 rings (SSSR count). The van der Waals surface area contributed by atoms with E-state index in [2.05, 4.69) is 12.5 Å². The Morgan fingerprint density at radius 1 is 1.82 bits per heavy atom. The van der Waals surface area contributed by atoms with Gasteiger partial charge < -0.3 is 9.84 Å². The SMILES string of the molecule is C#C[C@](O)(CCC=C)COC. The monoisotopic (exact) mass is 154 g/mol. The van der Waals surface area contributed by atoms with E-state index in [0.29, 0.717) is 12.8 Å². The van der Waals surface area contributed by atoms with Crippen LogP contribution in [0.15, 0.2) is 12.7 Å². The first-order chi connectivity index (χ1) is 5.18. The summed E-state index contributed by atoms with van der Waals surface area (Å²) in [5, 5.41) is 9.54. The lowest BCUT2D eigenvalue weighted by Gasteiger charge is -2.19. The van der Waals surface area contributed by atoms with Crippen molar-refractivity contribution in [3.63, 3.8) is 0 Å². The molecule has 0 aliphatic carbocycles. The van der Waals surface area contributed by atoms with Crippen LogP contribution in [0.2, 0.25) is 0 Å². The Hall–Kier alpha value is -0.780. The van der Waals surface area contributed by atoms with Gasteiger partial charge in [-0.15, -0.1) is 13.0 Å². The molecule has 1 N–H and O–H groups in total. The summed E-state index contributed by atoms with van der Waals surface area (Å²) in [6, 6.07) is 0. The number of hydrogen-bond acceptors (Lipinski definition) is 2. The van der Waals surface area contributed by atoms with Crippen LogP contribution >= 0.6 is 0 Å². The molecule has 0 saturated carbocycles. The van der Waals surface area contributed by atoms with E-state index in [1.165, 1.54) is 7.11 Å². The third-order valence-corrected chi connectivity index (χ3v) is 1.41. The van der Waals surface area contributed by atoms with E-state index < -0.39 is 5.60 Å². The summed E-state index contributed by atoms with van der Waals surface area (Å²) in [5.74, 6) is 2.30. The first kappa shape index (κ1) is 10.2. The molecule has 0 aliphatic rings. The lowest BCUT2D eigenvalue weighted by atomic mass is 10.0. The first-order valence-corrected chi connectivity index (χ1v) is 3.48. The molecular weight excluding hydrogens is 140 g/mol. The normalized spacial score (nSPS) is 15.0. The molecule has 0 saturated heterocycles. The van der Waals surface area contributed by atoms with Gasteiger partial charge in [0.15, 0.2) is 0 Å². The van der Waals surface area contributed by atoms with E-state index in [9.17, 15) is 5.11 Å². The fourth-order valence-electron chi connectivity index (χ4n) is 0.766. The average molecular weight is 154 g/mol. The highest BCUT2D eigenvalue weighted by Gasteiger charge is 2.22. The van der Waals surface area contributed by atoms with Crippen molar-refractivity contribution < 1.29 is 9.84 Å². The molecule has 0 heterocycles. The smallest absolute Gasteiger partial charge is 0.148 e. The molecule has 0 aromatic heterocycles. The summed E-state index contributed by atoms with van der Waals surface area (Å²) in [6.45, 7) is 3.72. The number of terminal acetylenes is 1. The summed E-state index contributed by atoms with van der Waals surface area (Å²) in [7, 11) is 1.51. The second kappa shape index (κ2) is 4.95. The average Bonchev–Trinajstić information content (AvgIpc) is 2.02. The van der Waals surface area contributed by atoms with Crippen molar-refractivity contribution >= 4 is 0 Å². The first-order valence-electron chi connectivity index (χ1n) is 3.48. The molecule has 11 heavy (non-hydrogen) atoms. The molecule has 0 fully saturated rings. The number of rotatable bonds is 5. The van der Waals surface area contributed by atoms with Gasteiger partial charge in [-0.05, 0) is 12.8 Å². The lowest BCUT2D eigenvalue weighted by molar-refractivity contribution is 0.00850. The molecule has 0 amide bonds. The molecule has 1 atom stereocenters. The van der Waals surface area contributed by atoms with E-state index in [4.69, 9.17) is 11.2 Å². The topological polar surface area (TPSA) is 29.5 Å². The third kappa shape index (κ3) is 3.82. The molecule has 62 valence electrons. The van der Waals surface area contributed by atoms with E-state index in [-0.39, 0.29) is 6.61 Å². The minimum atomic E-state index is -1.12.